The van der Waals surface area contributed by atoms with Crippen molar-refractivity contribution in [3.8, 4) is 5.75 Å². The van der Waals surface area contributed by atoms with Crippen molar-refractivity contribution >= 4 is 5.91 Å². The van der Waals surface area contributed by atoms with Gasteiger partial charge in [-0.2, -0.15) is 0 Å². The molecule has 2 rings (SSSR count). The smallest absolute Gasteiger partial charge is 0.236 e. The van der Waals surface area contributed by atoms with Crippen LogP contribution in [0.3, 0.4) is 0 Å². The molecule has 0 spiro atoms. The van der Waals surface area contributed by atoms with Gasteiger partial charge in [-0.1, -0.05) is 18.2 Å². The van der Waals surface area contributed by atoms with Crippen molar-refractivity contribution in [1.82, 2.24) is 10.2 Å². The summed E-state index contributed by atoms with van der Waals surface area (Å²) in [5, 5.41) is 3.30. The third-order valence-corrected chi connectivity index (χ3v) is 3.87. The number of nitrogens with one attached hydrogen (secondary N) is 1. The van der Waals surface area contributed by atoms with Crippen LogP contribution in [-0.4, -0.2) is 37.6 Å². The number of likely N-dealkylation sites (tertiary alicyclic amines) is 1. The summed E-state index contributed by atoms with van der Waals surface area (Å²) in [5.41, 5.74) is 1.08. The van der Waals surface area contributed by atoms with Crippen molar-refractivity contribution in [2.45, 2.75) is 32.2 Å². The molecule has 20 heavy (non-hydrogen) atoms. The summed E-state index contributed by atoms with van der Waals surface area (Å²) in [7, 11) is 1.67. The lowest BCUT2D eigenvalue weighted by molar-refractivity contribution is -0.131. The van der Waals surface area contributed by atoms with Crippen molar-refractivity contribution < 1.29 is 9.53 Å². The number of piperidine rings is 1. The molecule has 1 fully saturated rings. The molecule has 1 aromatic rings. The van der Waals surface area contributed by atoms with Gasteiger partial charge in [0.25, 0.3) is 0 Å². The quantitative estimate of drug-likeness (QED) is 0.897. The number of hydrogen-bond acceptors (Lipinski definition) is 3. The molecular formula is C16H24N2O2. The number of amides is 1. The summed E-state index contributed by atoms with van der Waals surface area (Å²) >= 11 is 0. The minimum atomic E-state index is 0.0971. The van der Waals surface area contributed by atoms with E-state index in [1.165, 1.54) is 6.42 Å². The number of methoxy groups -OCH3 is 1. The summed E-state index contributed by atoms with van der Waals surface area (Å²) in [5.74, 6) is 1.06. The van der Waals surface area contributed by atoms with Gasteiger partial charge < -0.3 is 15.0 Å². The largest absolute Gasteiger partial charge is 0.496 e. The summed E-state index contributed by atoms with van der Waals surface area (Å²) in [6.07, 6.45) is 3.51. The Morgan fingerprint density at radius 3 is 2.70 bits per heavy atom. The Kier molecular flexibility index (Phi) is 5.41. The Balaban J connectivity index is 1.88. The van der Waals surface area contributed by atoms with E-state index < -0.39 is 0 Å². The lowest BCUT2D eigenvalue weighted by Gasteiger charge is -2.27. The van der Waals surface area contributed by atoms with Crippen molar-refractivity contribution in [2.24, 2.45) is 0 Å². The molecule has 1 aromatic carbocycles. The Morgan fingerprint density at radius 1 is 1.30 bits per heavy atom. The zero-order valence-electron chi connectivity index (χ0n) is 12.4. The fourth-order valence-corrected chi connectivity index (χ4v) is 2.63. The molecule has 4 heteroatoms. The maximum Gasteiger partial charge on any atom is 0.236 e. The van der Waals surface area contributed by atoms with Gasteiger partial charge in [-0.15, -0.1) is 0 Å². The number of benzene rings is 1. The van der Waals surface area contributed by atoms with E-state index in [0.29, 0.717) is 6.54 Å². The second kappa shape index (κ2) is 7.29. The van der Waals surface area contributed by atoms with Crippen LogP contribution in [-0.2, 0) is 4.79 Å². The molecule has 1 aliphatic heterocycles. The molecule has 1 N–H and O–H groups in total. The standard InChI is InChI=1S/C16H24N2O2/c1-13(14-8-4-5-9-15(14)20-2)17-12-16(19)18-10-6-3-7-11-18/h4-5,8-9,13,17H,3,6-7,10-12H2,1-2H3/t13-/m1/s1. The van der Waals surface area contributed by atoms with Crippen molar-refractivity contribution in [1.29, 1.82) is 0 Å². The molecule has 0 aliphatic carbocycles. The Bertz CT molecular complexity index is 442. The Labute approximate surface area is 121 Å². The number of carbonyl (C=O) groups is 1. The minimum Gasteiger partial charge on any atom is -0.496 e. The van der Waals surface area contributed by atoms with E-state index in [0.717, 1.165) is 37.2 Å². The molecule has 4 nitrogen and oxygen atoms in total. The van der Waals surface area contributed by atoms with Crippen LogP contribution in [0.25, 0.3) is 0 Å². The lowest BCUT2D eigenvalue weighted by atomic mass is 10.1. The van der Waals surface area contributed by atoms with Gasteiger partial charge in [-0.05, 0) is 32.3 Å². The summed E-state index contributed by atoms with van der Waals surface area (Å²) in [6.45, 7) is 4.26. The third-order valence-electron chi connectivity index (χ3n) is 3.87. The number of carbonyl (C=O) groups excluding carboxylic acids is 1. The first-order valence-corrected chi connectivity index (χ1v) is 7.36. The molecule has 0 radical (unpaired) electrons. The molecule has 110 valence electrons. The molecule has 1 saturated heterocycles. The van der Waals surface area contributed by atoms with E-state index in [9.17, 15) is 4.79 Å². The molecule has 0 aromatic heterocycles. The maximum absolute atomic E-state index is 12.1. The minimum absolute atomic E-state index is 0.0971. The number of nitrogens with zero attached hydrogens (tertiary/aromatic N) is 1. The zero-order chi connectivity index (χ0) is 14.4. The number of rotatable bonds is 5. The van der Waals surface area contributed by atoms with Crippen LogP contribution >= 0.6 is 0 Å². The highest BCUT2D eigenvalue weighted by Gasteiger charge is 2.17. The molecule has 1 amide bonds. The van der Waals surface area contributed by atoms with Crippen LogP contribution in [0.5, 0.6) is 5.75 Å². The van der Waals surface area contributed by atoms with Crippen LogP contribution in [0.15, 0.2) is 24.3 Å². The van der Waals surface area contributed by atoms with E-state index >= 15 is 0 Å². The molecule has 1 atom stereocenters. The van der Waals surface area contributed by atoms with E-state index in [-0.39, 0.29) is 11.9 Å². The van der Waals surface area contributed by atoms with Crippen molar-refractivity contribution in [3.05, 3.63) is 29.8 Å². The highest BCUT2D eigenvalue weighted by molar-refractivity contribution is 5.78. The second-order valence-electron chi connectivity index (χ2n) is 5.29. The molecule has 0 bridgehead atoms. The van der Waals surface area contributed by atoms with E-state index in [1.54, 1.807) is 7.11 Å². The predicted octanol–water partition coefficient (Wildman–Crippen LogP) is 2.36. The van der Waals surface area contributed by atoms with Gasteiger partial charge in [0.15, 0.2) is 0 Å². The SMILES string of the molecule is COc1ccccc1[C@@H](C)NCC(=O)N1CCCCC1. The van der Waals surface area contributed by atoms with Crippen LogP contribution in [0.1, 0.15) is 37.8 Å². The van der Waals surface area contributed by atoms with Crippen LogP contribution in [0.2, 0.25) is 0 Å². The number of hydrogen-bond donors (Lipinski definition) is 1. The van der Waals surface area contributed by atoms with Crippen LogP contribution < -0.4 is 10.1 Å². The molecule has 1 aliphatic rings. The van der Waals surface area contributed by atoms with Crippen molar-refractivity contribution in [3.63, 3.8) is 0 Å². The van der Waals surface area contributed by atoms with E-state index in [2.05, 4.69) is 12.2 Å². The fraction of sp³-hybridized carbons (Fsp3) is 0.562. The second-order valence-corrected chi connectivity index (χ2v) is 5.29. The first-order chi connectivity index (χ1) is 9.72. The summed E-state index contributed by atoms with van der Waals surface area (Å²) < 4.78 is 5.35. The van der Waals surface area contributed by atoms with Crippen molar-refractivity contribution in [2.75, 3.05) is 26.7 Å². The normalized spacial score (nSPS) is 16.8. The maximum atomic E-state index is 12.1. The first-order valence-electron chi connectivity index (χ1n) is 7.36. The molecule has 0 saturated carbocycles. The van der Waals surface area contributed by atoms with Crippen LogP contribution in [0.4, 0.5) is 0 Å². The van der Waals surface area contributed by atoms with Gasteiger partial charge in [-0.3, -0.25) is 4.79 Å². The highest BCUT2D eigenvalue weighted by Crippen LogP contribution is 2.24. The number of para-hydroxylation sites is 1. The first kappa shape index (κ1) is 14.9. The summed E-state index contributed by atoms with van der Waals surface area (Å²) in [4.78, 5) is 14.1. The average Bonchev–Trinajstić information content (AvgIpc) is 2.53. The molecule has 0 unspecified atom stereocenters. The topological polar surface area (TPSA) is 41.6 Å². The Hall–Kier alpha value is -1.55. The molecular weight excluding hydrogens is 252 g/mol. The average molecular weight is 276 g/mol. The van der Waals surface area contributed by atoms with E-state index in [1.807, 2.05) is 29.2 Å². The number of ether oxygens (including phenoxy) is 1. The lowest BCUT2D eigenvalue weighted by Crippen LogP contribution is -2.41. The third kappa shape index (κ3) is 3.73. The zero-order valence-corrected chi connectivity index (χ0v) is 12.4. The van der Waals surface area contributed by atoms with Gasteiger partial charge in [0.05, 0.1) is 13.7 Å². The van der Waals surface area contributed by atoms with Gasteiger partial charge in [0, 0.05) is 24.7 Å². The monoisotopic (exact) mass is 276 g/mol. The Morgan fingerprint density at radius 2 is 2.00 bits per heavy atom. The van der Waals surface area contributed by atoms with Gasteiger partial charge in [0.2, 0.25) is 5.91 Å². The van der Waals surface area contributed by atoms with Crippen LogP contribution in [0, 0.1) is 0 Å². The van der Waals surface area contributed by atoms with Gasteiger partial charge in [-0.25, -0.2) is 0 Å². The fourth-order valence-electron chi connectivity index (χ4n) is 2.63. The predicted molar refractivity (Wildman–Crippen MR) is 79.8 cm³/mol. The summed E-state index contributed by atoms with van der Waals surface area (Å²) in [6, 6.07) is 8.01. The molecule has 1 heterocycles. The van der Waals surface area contributed by atoms with Gasteiger partial charge >= 0.3 is 0 Å². The van der Waals surface area contributed by atoms with E-state index in [4.69, 9.17) is 4.74 Å². The highest BCUT2D eigenvalue weighted by atomic mass is 16.5. The van der Waals surface area contributed by atoms with Gasteiger partial charge in [0.1, 0.15) is 5.75 Å².